The lowest BCUT2D eigenvalue weighted by Crippen LogP contribution is -2.31. The predicted molar refractivity (Wildman–Crippen MR) is 107 cm³/mol. The fourth-order valence-electron chi connectivity index (χ4n) is 4.20. The third-order valence-electron chi connectivity index (χ3n) is 5.87. The molecule has 3 heterocycles. The standard InChI is InChI=1S/C21H23F3N6O/c1-30-18(21(22,23)24)10-17(29-30)20(31)26-11-13-2-4-15(5-3-13)19-16(12-27-28-19)14-6-8-25-9-7-14/h6-10,12-13,15H,2-5,11H2,1H3,(H,26,31)(H,27,28). The molecule has 0 aromatic carbocycles. The topological polar surface area (TPSA) is 88.5 Å². The Kier molecular flexibility index (Phi) is 5.79. The Hall–Kier alpha value is -3.17. The van der Waals surface area contributed by atoms with E-state index in [0.717, 1.165) is 48.6 Å². The first-order chi connectivity index (χ1) is 14.8. The number of aryl methyl sites for hydroxylation is 1. The first-order valence-electron chi connectivity index (χ1n) is 10.2. The summed E-state index contributed by atoms with van der Waals surface area (Å²) < 4.78 is 39.4. The highest BCUT2D eigenvalue weighted by Gasteiger charge is 2.36. The van der Waals surface area contributed by atoms with E-state index in [0.29, 0.717) is 17.1 Å². The van der Waals surface area contributed by atoms with Crippen LogP contribution in [0.4, 0.5) is 13.2 Å². The Balaban J connectivity index is 1.32. The molecule has 1 fully saturated rings. The molecule has 31 heavy (non-hydrogen) atoms. The van der Waals surface area contributed by atoms with Crippen LogP contribution < -0.4 is 5.32 Å². The van der Waals surface area contributed by atoms with Crippen molar-refractivity contribution in [2.75, 3.05) is 6.54 Å². The number of nitrogens with one attached hydrogen (secondary N) is 2. The van der Waals surface area contributed by atoms with Gasteiger partial charge in [-0.25, -0.2) is 0 Å². The van der Waals surface area contributed by atoms with E-state index in [2.05, 4.69) is 25.6 Å². The quantitative estimate of drug-likeness (QED) is 0.640. The number of aromatic nitrogens is 5. The summed E-state index contributed by atoms with van der Waals surface area (Å²) in [5.74, 6) is 0.0443. The van der Waals surface area contributed by atoms with Crippen molar-refractivity contribution in [3.63, 3.8) is 0 Å². The van der Waals surface area contributed by atoms with Crippen LogP contribution in [0.15, 0.2) is 36.8 Å². The number of nitrogens with zero attached hydrogens (tertiary/aromatic N) is 4. The third kappa shape index (κ3) is 4.62. The van der Waals surface area contributed by atoms with E-state index in [9.17, 15) is 18.0 Å². The highest BCUT2D eigenvalue weighted by molar-refractivity contribution is 5.92. The number of amides is 1. The molecule has 0 radical (unpaired) electrons. The lowest BCUT2D eigenvalue weighted by atomic mass is 9.79. The first-order valence-corrected chi connectivity index (χ1v) is 10.2. The number of pyridine rings is 1. The zero-order valence-electron chi connectivity index (χ0n) is 17.0. The highest BCUT2D eigenvalue weighted by atomic mass is 19.4. The number of aromatic amines is 1. The van der Waals surface area contributed by atoms with Crippen molar-refractivity contribution in [2.45, 2.75) is 37.8 Å². The van der Waals surface area contributed by atoms with Gasteiger partial charge in [-0.05, 0) is 49.3 Å². The van der Waals surface area contributed by atoms with Crippen molar-refractivity contribution in [1.29, 1.82) is 0 Å². The van der Waals surface area contributed by atoms with Crippen LogP contribution in [0.25, 0.3) is 11.1 Å². The SMILES string of the molecule is Cn1nc(C(=O)NCC2CCC(c3[nH]ncc3-c3ccncc3)CC2)cc1C(F)(F)F. The Bertz CT molecular complexity index is 1040. The molecule has 0 atom stereocenters. The molecule has 0 unspecified atom stereocenters. The number of rotatable bonds is 5. The molecule has 0 spiro atoms. The molecule has 0 bridgehead atoms. The smallest absolute Gasteiger partial charge is 0.350 e. The Morgan fingerprint density at radius 2 is 1.94 bits per heavy atom. The van der Waals surface area contributed by atoms with E-state index in [-0.39, 0.29) is 11.6 Å². The largest absolute Gasteiger partial charge is 0.433 e. The van der Waals surface area contributed by atoms with E-state index in [4.69, 9.17) is 0 Å². The lowest BCUT2D eigenvalue weighted by molar-refractivity contribution is -0.143. The van der Waals surface area contributed by atoms with E-state index in [1.807, 2.05) is 18.3 Å². The predicted octanol–water partition coefficient (Wildman–Crippen LogP) is 3.93. The molecule has 3 aromatic heterocycles. The van der Waals surface area contributed by atoms with Gasteiger partial charge in [-0.2, -0.15) is 23.4 Å². The van der Waals surface area contributed by atoms with Gasteiger partial charge in [0.05, 0.1) is 6.20 Å². The van der Waals surface area contributed by atoms with Gasteiger partial charge in [-0.1, -0.05) is 0 Å². The van der Waals surface area contributed by atoms with Gasteiger partial charge < -0.3 is 5.32 Å². The highest BCUT2D eigenvalue weighted by Crippen LogP contribution is 2.38. The number of halogens is 3. The molecule has 2 N–H and O–H groups in total. The molecule has 4 rings (SSSR count). The van der Waals surface area contributed by atoms with Crippen molar-refractivity contribution in [3.05, 3.63) is 53.9 Å². The minimum atomic E-state index is -4.54. The summed E-state index contributed by atoms with van der Waals surface area (Å²) in [5.41, 5.74) is 2.10. The molecule has 164 valence electrons. The number of alkyl halides is 3. The molecular formula is C21H23F3N6O. The van der Waals surface area contributed by atoms with Crippen molar-refractivity contribution in [2.24, 2.45) is 13.0 Å². The van der Waals surface area contributed by atoms with Gasteiger partial charge in [0.1, 0.15) is 5.69 Å². The summed E-state index contributed by atoms with van der Waals surface area (Å²) in [6, 6.07) is 4.69. The molecule has 0 aliphatic heterocycles. The average Bonchev–Trinajstić information content (AvgIpc) is 3.40. The fraction of sp³-hybridized carbons (Fsp3) is 0.429. The molecule has 7 nitrogen and oxygen atoms in total. The summed E-state index contributed by atoms with van der Waals surface area (Å²) in [5, 5.41) is 13.8. The maximum atomic E-state index is 12.9. The van der Waals surface area contributed by atoms with Gasteiger partial charge in [0.25, 0.3) is 5.91 Å². The summed E-state index contributed by atoms with van der Waals surface area (Å²) >= 11 is 0. The van der Waals surface area contributed by atoms with Gasteiger partial charge in [-0.15, -0.1) is 0 Å². The zero-order valence-corrected chi connectivity index (χ0v) is 17.0. The number of hydrogen-bond acceptors (Lipinski definition) is 4. The monoisotopic (exact) mass is 432 g/mol. The van der Waals surface area contributed by atoms with Gasteiger partial charge in [-0.3, -0.25) is 19.6 Å². The molecule has 1 aliphatic carbocycles. The second kappa shape index (κ2) is 8.52. The van der Waals surface area contributed by atoms with Crippen LogP contribution in [-0.2, 0) is 13.2 Å². The summed E-state index contributed by atoms with van der Waals surface area (Å²) in [4.78, 5) is 16.3. The van der Waals surface area contributed by atoms with E-state index in [1.54, 1.807) is 12.4 Å². The van der Waals surface area contributed by atoms with Crippen molar-refractivity contribution >= 4 is 5.91 Å². The molecule has 1 saturated carbocycles. The fourth-order valence-corrected chi connectivity index (χ4v) is 4.20. The molecular weight excluding hydrogens is 409 g/mol. The molecule has 0 saturated heterocycles. The number of H-pyrrole nitrogens is 1. The number of carbonyl (C=O) groups excluding carboxylic acids is 1. The third-order valence-corrected chi connectivity index (χ3v) is 5.87. The van der Waals surface area contributed by atoms with Crippen molar-refractivity contribution in [1.82, 2.24) is 30.3 Å². The summed E-state index contributed by atoms with van der Waals surface area (Å²) in [7, 11) is 1.18. The molecule has 1 aliphatic rings. The van der Waals surface area contributed by atoms with Crippen LogP contribution in [0, 0.1) is 5.92 Å². The maximum absolute atomic E-state index is 12.9. The maximum Gasteiger partial charge on any atom is 0.433 e. The molecule has 1 amide bonds. The van der Waals surface area contributed by atoms with Crippen LogP contribution in [0.5, 0.6) is 0 Å². The van der Waals surface area contributed by atoms with Gasteiger partial charge in [0.2, 0.25) is 0 Å². The van der Waals surface area contributed by atoms with Crippen LogP contribution >= 0.6 is 0 Å². The van der Waals surface area contributed by atoms with Crippen LogP contribution in [0.1, 0.15) is 53.5 Å². The second-order valence-corrected chi connectivity index (χ2v) is 7.90. The Morgan fingerprint density at radius 3 is 2.58 bits per heavy atom. The second-order valence-electron chi connectivity index (χ2n) is 7.90. The average molecular weight is 432 g/mol. The Labute approximate surface area is 177 Å². The van der Waals surface area contributed by atoms with Crippen LogP contribution in [-0.4, -0.2) is 37.4 Å². The summed E-state index contributed by atoms with van der Waals surface area (Å²) in [6.45, 7) is 0.420. The van der Waals surface area contributed by atoms with E-state index < -0.39 is 17.8 Å². The zero-order chi connectivity index (χ0) is 22.0. The van der Waals surface area contributed by atoms with Gasteiger partial charge in [0.15, 0.2) is 5.69 Å². The minimum Gasteiger partial charge on any atom is -0.350 e. The Morgan fingerprint density at radius 1 is 1.23 bits per heavy atom. The van der Waals surface area contributed by atoms with Crippen LogP contribution in [0.2, 0.25) is 0 Å². The number of carbonyl (C=O) groups is 1. The minimum absolute atomic E-state index is 0.219. The van der Waals surface area contributed by atoms with E-state index in [1.165, 1.54) is 7.05 Å². The van der Waals surface area contributed by atoms with Crippen molar-refractivity contribution < 1.29 is 18.0 Å². The van der Waals surface area contributed by atoms with Crippen LogP contribution in [0.3, 0.4) is 0 Å². The lowest BCUT2D eigenvalue weighted by Gasteiger charge is -2.28. The van der Waals surface area contributed by atoms with Gasteiger partial charge >= 0.3 is 6.18 Å². The van der Waals surface area contributed by atoms with E-state index >= 15 is 0 Å². The molecule has 3 aromatic rings. The van der Waals surface area contributed by atoms with Gasteiger partial charge in [0, 0.05) is 49.2 Å². The number of hydrogen-bond donors (Lipinski definition) is 2. The first kappa shape index (κ1) is 21.1. The summed E-state index contributed by atoms with van der Waals surface area (Å²) in [6.07, 6.45) is 4.52. The normalized spacial score (nSPS) is 19.4. The molecule has 10 heteroatoms. The van der Waals surface area contributed by atoms with Crippen molar-refractivity contribution in [3.8, 4) is 11.1 Å².